The van der Waals surface area contributed by atoms with Gasteiger partial charge in [-0.2, -0.15) is 13.2 Å². The van der Waals surface area contributed by atoms with Crippen LogP contribution in [0.4, 0.5) is 13.2 Å². The van der Waals surface area contributed by atoms with Gasteiger partial charge < -0.3 is 9.64 Å². The van der Waals surface area contributed by atoms with Crippen molar-refractivity contribution < 1.29 is 22.7 Å². The van der Waals surface area contributed by atoms with Crippen molar-refractivity contribution in [2.45, 2.75) is 12.7 Å². The Bertz CT molecular complexity index is 832. The SMILES string of the molecule is COc1ccc(C(=O)N2CCN(Cc3ccc(C(F)(F)F)cc3)CC2)cc1Br. The number of nitrogens with zero attached hydrogens (tertiary/aromatic N) is 2. The summed E-state index contributed by atoms with van der Waals surface area (Å²) in [6.45, 7) is 3.05. The highest BCUT2D eigenvalue weighted by atomic mass is 79.9. The van der Waals surface area contributed by atoms with Crippen molar-refractivity contribution in [3.63, 3.8) is 0 Å². The topological polar surface area (TPSA) is 32.8 Å². The van der Waals surface area contributed by atoms with E-state index < -0.39 is 11.7 Å². The molecule has 4 nitrogen and oxygen atoms in total. The average Bonchev–Trinajstić information content (AvgIpc) is 2.67. The Morgan fingerprint density at radius 2 is 1.71 bits per heavy atom. The standard InChI is InChI=1S/C20H20BrF3N2O2/c1-28-18-7-4-15(12-17(18)21)19(27)26-10-8-25(9-11-26)13-14-2-5-16(6-3-14)20(22,23)24/h2-7,12H,8-11,13H2,1H3. The van der Waals surface area contributed by atoms with Gasteiger partial charge in [-0.15, -0.1) is 0 Å². The van der Waals surface area contributed by atoms with Crippen LogP contribution in [0.5, 0.6) is 5.75 Å². The third kappa shape index (κ3) is 4.86. The van der Waals surface area contributed by atoms with Crippen molar-refractivity contribution in [2.24, 2.45) is 0 Å². The number of ether oxygens (including phenoxy) is 1. The van der Waals surface area contributed by atoms with Gasteiger partial charge in [-0.25, -0.2) is 0 Å². The van der Waals surface area contributed by atoms with Crippen molar-refractivity contribution in [1.82, 2.24) is 9.80 Å². The molecule has 0 N–H and O–H groups in total. The average molecular weight is 457 g/mol. The van der Waals surface area contributed by atoms with E-state index in [2.05, 4.69) is 20.8 Å². The minimum Gasteiger partial charge on any atom is -0.496 e. The maximum absolute atomic E-state index is 12.7. The summed E-state index contributed by atoms with van der Waals surface area (Å²) in [4.78, 5) is 16.6. The molecule has 3 rings (SSSR count). The van der Waals surface area contributed by atoms with Gasteiger partial charge in [0.2, 0.25) is 0 Å². The maximum Gasteiger partial charge on any atom is 0.416 e. The second-order valence-corrected chi connectivity index (χ2v) is 7.47. The van der Waals surface area contributed by atoms with Gasteiger partial charge in [-0.05, 0) is 51.8 Å². The molecule has 0 spiro atoms. The first-order valence-electron chi connectivity index (χ1n) is 8.79. The van der Waals surface area contributed by atoms with Crippen LogP contribution in [0.15, 0.2) is 46.9 Å². The number of methoxy groups -OCH3 is 1. The minimum atomic E-state index is -4.32. The maximum atomic E-state index is 12.7. The number of hydrogen-bond donors (Lipinski definition) is 0. The van der Waals surface area contributed by atoms with Crippen LogP contribution in [0, 0.1) is 0 Å². The molecule has 150 valence electrons. The normalized spacial score (nSPS) is 15.5. The van der Waals surface area contributed by atoms with Crippen LogP contribution in [0.25, 0.3) is 0 Å². The number of alkyl halides is 3. The van der Waals surface area contributed by atoms with Gasteiger partial charge in [0.1, 0.15) is 5.75 Å². The van der Waals surface area contributed by atoms with E-state index in [0.29, 0.717) is 44.0 Å². The molecule has 0 saturated carbocycles. The highest BCUT2D eigenvalue weighted by Crippen LogP contribution is 2.29. The second-order valence-electron chi connectivity index (χ2n) is 6.61. The molecule has 1 fully saturated rings. The van der Waals surface area contributed by atoms with E-state index in [-0.39, 0.29) is 5.91 Å². The van der Waals surface area contributed by atoms with E-state index >= 15 is 0 Å². The summed E-state index contributed by atoms with van der Waals surface area (Å²) < 4.78 is 43.8. The van der Waals surface area contributed by atoms with Crippen LogP contribution in [-0.2, 0) is 12.7 Å². The quantitative estimate of drug-likeness (QED) is 0.681. The largest absolute Gasteiger partial charge is 0.496 e. The Morgan fingerprint density at radius 3 is 2.25 bits per heavy atom. The number of rotatable bonds is 4. The molecule has 1 aliphatic heterocycles. The molecule has 0 aromatic heterocycles. The molecule has 0 radical (unpaired) electrons. The predicted molar refractivity (Wildman–Crippen MR) is 103 cm³/mol. The smallest absolute Gasteiger partial charge is 0.416 e. The molecule has 28 heavy (non-hydrogen) atoms. The summed E-state index contributed by atoms with van der Waals surface area (Å²) in [5, 5.41) is 0. The van der Waals surface area contributed by atoms with E-state index in [4.69, 9.17) is 4.74 Å². The molecular weight excluding hydrogens is 437 g/mol. The van der Waals surface area contributed by atoms with Gasteiger partial charge >= 0.3 is 6.18 Å². The molecule has 2 aromatic carbocycles. The molecule has 2 aromatic rings. The summed E-state index contributed by atoms with van der Waals surface area (Å²) in [6, 6.07) is 10.5. The van der Waals surface area contributed by atoms with Gasteiger partial charge in [-0.1, -0.05) is 12.1 Å². The Kier molecular flexibility index (Phi) is 6.30. The fraction of sp³-hybridized carbons (Fsp3) is 0.350. The third-order valence-corrected chi connectivity index (χ3v) is 5.37. The van der Waals surface area contributed by atoms with Gasteiger partial charge in [-0.3, -0.25) is 9.69 Å². The lowest BCUT2D eigenvalue weighted by Crippen LogP contribution is -2.48. The van der Waals surface area contributed by atoms with Crippen LogP contribution in [0.2, 0.25) is 0 Å². The Morgan fingerprint density at radius 1 is 1.07 bits per heavy atom. The van der Waals surface area contributed by atoms with E-state index in [9.17, 15) is 18.0 Å². The molecule has 0 unspecified atom stereocenters. The third-order valence-electron chi connectivity index (χ3n) is 4.75. The van der Waals surface area contributed by atoms with Crippen LogP contribution in [0.1, 0.15) is 21.5 Å². The summed E-state index contributed by atoms with van der Waals surface area (Å²) in [5.74, 6) is 0.621. The van der Waals surface area contributed by atoms with Gasteiger partial charge in [0.15, 0.2) is 0 Å². The number of carbonyl (C=O) groups is 1. The Hall–Kier alpha value is -2.06. The lowest BCUT2D eigenvalue weighted by molar-refractivity contribution is -0.137. The molecule has 1 heterocycles. The lowest BCUT2D eigenvalue weighted by Gasteiger charge is -2.35. The van der Waals surface area contributed by atoms with Crippen molar-refractivity contribution >= 4 is 21.8 Å². The first-order valence-corrected chi connectivity index (χ1v) is 9.58. The zero-order chi connectivity index (χ0) is 20.3. The van der Waals surface area contributed by atoms with Crippen molar-refractivity contribution in [3.8, 4) is 5.75 Å². The zero-order valence-electron chi connectivity index (χ0n) is 15.3. The van der Waals surface area contributed by atoms with Crippen molar-refractivity contribution in [3.05, 3.63) is 63.6 Å². The lowest BCUT2D eigenvalue weighted by atomic mass is 10.1. The van der Waals surface area contributed by atoms with E-state index in [1.54, 1.807) is 30.2 Å². The monoisotopic (exact) mass is 456 g/mol. The number of carbonyl (C=O) groups excluding carboxylic acids is 1. The second kappa shape index (κ2) is 8.53. The highest BCUT2D eigenvalue weighted by Gasteiger charge is 2.30. The molecule has 0 aliphatic carbocycles. The molecule has 1 aliphatic rings. The summed E-state index contributed by atoms with van der Waals surface area (Å²) in [7, 11) is 1.57. The van der Waals surface area contributed by atoms with Gasteiger partial charge in [0.25, 0.3) is 5.91 Å². The van der Waals surface area contributed by atoms with Crippen LogP contribution < -0.4 is 4.74 Å². The first kappa shape index (κ1) is 20.7. The Balaban J connectivity index is 1.55. The van der Waals surface area contributed by atoms with Crippen LogP contribution in [-0.4, -0.2) is 49.0 Å². The highest BCUT2D eigenvalue weighted by molar-refractivity contribution is 9.10. The number of piperazine rings is 1. The summed E-state index contributed by atoms with van der Waals surface area (Å²) >= 11 is 3.39. The van der Waals surface area contributed by atoms with Gasteiger partial charge in [0, 0.05) is 38.3 Å². The van der Waals surface area contributed by atoms with E-state index in [1.165, 1.54) is 12.1 Å². The Labute approximate surface area is 170 Å². The zero-order valence-corrected chi connectivity index (χ0v) is 16.9. The molecule has 8 heteroatoms. The predicted octanol–water partition coefficient (Wildman–Crippen LogP) is 4.43. The number of hydrogen-bond acceptors (Lipinski definition) is 3. The molecule has 0 atom stereocenters. The minimum absolute atomic E-state index is 0.0440. The summed E-state index contributed by atoms with van der Waals surface area (Å²) in [6.07, 6.45) is -4.32. The fourth-order valence-corrected chi connectivity index (χ4v) is 3.69. The van der Waals surface area contributed by atoms with Gasteiger partial charge in [0.05, 0.1) is 17.1 Å². The molecule has 0 bridgehead atoms. The van der Waals surface area contributed by atoms with Crippen LogP contribution in [0.3, 0.4) is 0 Å². The van der Waals surface area contributed by atoms with E-state index in [0.717, 1.165) is 22.2 Å². The fourth-order valence-electron chi connectivity index (χ4n) is 3.15. The number of amides is 1. The van der Waals surface area contributed by atoms with Crippen LogP contribution >= 0.6 is 15.9 Å². The first-order chi connectivity index (χ1) is 13.3. The molecule has 1 amide bonds. The number of halogens is 4. The van der Waals surface area contributed by atoms with Crippen molar-refractivity contribution in [2.75, 3.05) is 33.3 Å². The van der Waals surface area contributed by atoms with Crippen molar-refractivity contribution in [1.29, 1.82) is 0 Å². The van der Waals surface area contributed by atoms with E-state index in [1.807, 2.05) is 0 Å². The molecular formula is C20H20BrF3N2O2. The number of benzene rings is 2. The summed E-state index contributed by atoms with van der Waals surface area (Å²) in [5.41, 5.74) is 0.771. The molecule has 1 saturated heterocycles.